The Balaban J connectivity index is 1.96. The van der Waals surface area contributed by atoms with Crippen molar-refractivity contribution in [3.63, 3.8) is 0 Å². The van der Waals surface area contributed by atoms with Gasteiger partial charge in [0.25, 0.3) is 5.91 Å². The molecule has 0 saturated heterocycles. The third-order valence-corrected chi connectivity index (χ3v) is 3.46. The van der Waals surface area contributed by atoms with E-state index in [4.69, 9.17) is 5.73 Å². The number of carbonyl (C=O) groups excluding carboxylic acids is 2. The monoisotopic (exact) mass is 325 g/mol. The maximum absolute atomic E-state index is 12.2. The maximum atomic E-state index is 12.2. The minimum Gasteiger partial charge on any atom is -0.398 e. The van der Waals surface area contributed by atoms with E-state index in [1.165, 1.54) is 0 Å². The van der Waals surface area contributed by atoms with Gasteiger partial charge in [-0.25, -0.2) is 0 Å². The van der Waals surface area contributed by atoms with E-state index in [1.807, 2.05) is 38.1 Å². The van der Waals surface area contributed by atoms with Gasteiger partial charge in [-0.05, 0) is 35.7 Å². The Kier molecular flexibility index (Phi) is 5.95. The molecule has 2 aromatic rings. The molecule has 0 saturated carbocycles. The molecule has 0 fully saturated rings. The Morgan fingerprint density at radius 3 is 2.54 bits per heavy atom. The molecule has 0 aliphatic heterocycles. The molecule has 0 atom stereocenters. The van der Waals surface area contributed by atoms with Crippen LogP contribution in [0.1, 0.15) is 36.2 Å². The van der Waals surface area contributed by atoms with Crippen molar-refractivity contribution < 1.29 is 9.59 Å². The van der Waals surface area contributed by atoms with Crippen LogP contribution in [0.4, 0.5) is 11.4 Å². The summed E-state index contributed by atoms with van der Waals surface area (Å²) in [5, 5.41) is 5.71. The quantitative estimate of drug-likeness (QED) is 0.713. The lowest BCUT2D eigenvalue weighted by Gasteiger charge is -2.10. The first-order chi connectivity index (χ1) is 11.5. The summed E-state index contributed by atoms with van der Waals surface area (Å²) in [4.78, 5) is 24.0. The molecule has 0 bridgehead atoms. The summed E-state index contributed by atoms with van der Waals surface area (Å²) < 4.78 is 0. The molecule has 126 valence electrons. The van der Waals surface area contributed by atoms with Crippen LogP contribution in [0.2, 0.25) is 0 Å². The van der Waals surface area contributed by atoms with E-state index in [1.54, 1.807) is 24.3 Å². The lowest BCUT2D eigenvalue weighted by Crippen LogP contribution is -2.23. The summed E-state index contributed by atoms with van der Waals surface area (Å²) in [5.74, 6) is 0.0781. The number of para-hydroxylation sites is 1. The van der Waals surface area contributed by atoms with E-state index in [0.29, 0.717) is 30.1 Å². The minimum atomic E-state index is -0.220. The van der Waals surface area contributed by atoms with Gasteiger partial charge in [0.05, 0.1) is 5.56 Å². The van der Waals surface area contributed by atoms with E-state index < -0.39 is 0 Å². The van der Waals surface area contributed by atoms with Crippen molar-refractivity contribution in [1.82, 2.24) is 5.32 Å². The van der Waals surface area contributed by atoms with E-state index in [-0.39, 0.29) is 11.8 Å². The fraction of sp³-hybridized carbons (Fsp3) is 0.263. The number of rotatable bonds is 6. The zero-order chi connectivity index (χ0) is 17.5. The SMILES string of the molecule is CC(C)CC(=O)Nc1cccc(CNC(=O)c2ccccc2N)c1. The van der Waals surface area contributed by atoms with Gasteiger partial charge in [0.15, 0.2) is 0 Å². The Hall–Kier alpha value is -2.82. The number of nitrogens with two attached hydrogens (primary N) is 1. The summed E-state index contributed by atoms with van der Waals surface area (Å²) in [5.41, 5.74) is 8.34. The van der Waals surface area contributed by atoms with Crippen LogP contribution in [0.25, 0.3) is 0 Å². The van der Waals surface area contributed by atoms with Crippen molar-refractivity contribution >= 4 is 23.2 Å². The predicted octanol–water partition coefficient (Wildman–Crippen LogP) is 3.18. The topological polar surface area (TPSA) is 84.2 Å². The van der Waals surface area contributed by atoms with Gasteiger partial charge in [-0.2, -0.15) is 0 Å². The standard InChI is InChI=1S/C19H23N3O2/c1-13(2)10-18(23)22-15-7-5-6-14(11-15)12-21-19(24)16-8-3-4-9-17(16)20/h3-9,11,13H,10,12,20H2,1-2H3,(H,21,24)(H,22,23). The fourth-order valence-corrected chi connectivity index (χ4v) is 2.32. The van der Waals surface area contributed by atoms with Gasteiger partial charge >= 0.3 is 0 Å². The molecule has 0 aromatic heterocycles. The van der Waals surface area contributed by atoms with Gasteiger partial charge in [0.2, 0.25) is 5.91 Å². The Morgan fingerprint density at radius 2 is 1.83 bits per heavy atom. The van der Waals surface area contributed by atoms with Gasteiger partial charge in [-0.3, -0.25) is 9.59 Å². The second-order valence-corrected chi connectivity index (χ2v) is 6.12. The van der Waals surface area contributed by atoms with Gasteiger partial charge in [-0.1, -0.05) is 38.1 Å². The number of hydrogen-bond donors (Lipinski definition) is 3. The van der Waals surface area contributed by atoms with Crippen LogP contribution < -0.4 is 16.4 Å². The Morgan fingerprint density at radius 1 is 1.08 bits per heavy atom. The van der Waals surface area contributed by atoms with Crippen LogP contribution in [0.3, 0.4) is 0 Å². The van der Waals surface area contributed by atoms with E-state index in [9.17, 15) is 9.59 Å². The average molecular weight is 325 g/mol. The van der Waals surface area contributed by atoms with Crippen LogP contribution in [0.15, 0.2) is 48.5 Å². The molecule has 5 nitrogen and oxygen atoms in total. The summed E-state index contributed by atoms with van der Waals surface area (Å²) >= 11 is 0. The van der Waals surface area contributed by atoms with Crippen LogP contribution in [-0.4, -0.2) is 11.8 Å². The normalized spacial score (nSPS) is 10.5. The molecule has 2 rings (SSSR count). The molecule has 24 heavy (non-hydrogen) atoms. The third kappa shape index (κ3) is 5.12. The van der Waals surface area contributed by atoms with Gasteiger partial charge in [0.1, 0.15) is 0 Å². The first kappa shape index (κ1) is 17.5. The Bertz CT molecular complexity index is 726. The number of nitrogens with one attached hydrogen (secondary N) is 2. The molecule has 2 aromatic carbocycles. The average Bonchev–Trinajstić information content (AvgIpc) is 2.52. The Labute approximate surface area is 142 Å². The number of anilines is 2. The molecule has 0 heterocycles. The molecule has 2 amide bonds. The maximum Gasteiger partial charge on any atom is 0.253 e. The van der Waals surface area contributed by atoms with Crippen molar-refractivity contribution in [1.29, 1.82) is 0 Å². The lowest BCUT2D eigenvalue weighted by molar-refractivity contribution is -0.116. The molecule has 0 aliphatic rings. The van der Waals surface area contributed by atoms with Crippen molar-refractivity contribution in [3.05, 3.63) is 59.7 Å². The fourth-order valence-electron chi connectivity index (χ4n) is 2.32. The minimum absolute atomic E-state index is 0.0109. The third-order valence-electron chi connectivity index (χ3n) is 3.46. The molecule has 0 radical (unpaired) electrons. The molecular formula is C19H23N3O2. The number of amides is 2. The van der Waals surface area contributed by atoms with Crippen molar-refractivity contribution in [2.45, 2.75) is 26.8 Å². The van der Waals surface area contributed by atoms with E-state index >= 15 is 0 Å². The van der Waals surface area contributed by atoms with Gasteiger partial charge in [0, 0.05) is 24.3 Å². The molecule has 4 N–H and O–H groups in total. The molecule has 0 unspecified atom stereocenters. The highest BCUT2D eigenvalue weighted by molar-refractivity contribution is 5.99. The van der Waals surface area contributed by atoms with Gasteiger partial charge < -0.3 is 16.4 Å². The first-order valence-corrected chi connectivity index (χ1v) is 7.97. The number of carbonyl (C=O) groups is 2. The van der Waals surface area contributed by atoms with Crippen molar-refractivity contribution in [2.75, 3.05) is 11.1 Å². The second kappa shape index (κ2) is 8.15. The zero-order valence-electron chi connectivity index (χ0n) is 14.0. The van der Waals surface area contributed by atoms with Crippen LogP contribution in [0, 0.1) is 5.92 Å². The van der Waals surface area contributed by atoms with Crippen molar-refractivity contribution in [3.8, 4) is 0 Å². The van der Waals surface area contributed by atoms with Gasteiger partial charge in [-0.15, -0.1) is 0 Å². The van der Waals surface area contributed by atoms with Crippen LogP contribution in [0.5, 0.6) is 0 Å². The predicted molar refractivity (Wildman–Crippen MR) is 96.6 cm³/mol. The molecule has 0 aliphatic carbocycles. The number of nitrogen functional groups attached to an aromatic ring is 1. The zero-order valence-corrected chi connectivity index (χ0v) is 14.0. The van der Waals surface area contributed by atoms with E-state index in [0.717, 1.165) is 11.3 Å². The second-order valence-electron chi connectivity index (χ2n) is 6.12. The summed E-state index contributed by atoms with van der Waals surface area (Å²) in [6.45, 7) is 4.36. The van der Waals surface area contributed by atoms with Crippen LogP contribution in [-0.2, 0) is 11.3 Å². The lowest BCUT2D eigenvalue weighted by atomic mass is 10.1. The summed E-state index contributed by atoms with van der Waals surface area (Å²) in [6, 6.07) is 14.4. The smallest absolute Gasteiger partial charge is 0.253 e. The van der Waals surface area contributed by atoms with Crippen molar-refractivity contribution in [2.24, 2.45) is 5.92 Å². The molecule has 0 spiro atoms. The summed E-state index contributed by atoms with van der Waals surface area (Å²) in [7, 11) is 0. The summed E-state index contributed by atoms with van der Waals surface area (Å²) in [6.07, 6.45) is 0.480. The first-order valence-electron chi connectivity index (χ1n) is 7.97. The highest BCUT2D eigenvalue weighted by Crippen LogP contribution is 2.13. The number of hydrogen-bond acceptors (Lipinski definition) is 3. The highest BCUT2D eigenvalue weighted by atomic mass is 16.2. The molecule has 5 heteroatoms. The largest absolute Gasteiger partial charge is 0.398 e. The number of benzene rings is 2. The van der Waals surface area contributed by atoms with E-state index in [2.05, 4.69) is 10.6 Å². The highest BCUT2D eigenvalue weighted by Gasteiger charge is 2.09. The molecular weight excluding hydrogens is 302 g/mol. The van der Waals surface area contributed by atoms with Crippen LogP contribution >= 0.6 is 0 Å².